The van der Waals surface area contributed by atoms with E-state index in [1.807, 2.05) is 6.07 Å². The Morgan fingerprint density at radius 3 is 2.12 bits per heavy atom. The highest BCUT2D eigenvalue weighted by Gasteiger charge is 2.34. The average molecular weight is 448 g/mol. The Kier molecular flexibility index (Phi) is 3.58. The van der Waals surface area contributed by atoms with Gasteiger partial charge in [-0.3, -0.25) is 14.8 Å². The zero-order valence-electron chi connectivity index (χ0n) is 11.9. The molecule has 0 aliphatic carbocycles. The molecule has 2 N–H and O–H groups in total. The van der Waals surface area contributed by atoms with Gasteiger partial charge in [-0.15, -0.1) is 0 Å². The SMILES string of the molecule is O=C1N=C(c2ccc(Br)cn2)c2c(O)[nH]c(-c3ccc(Br)cn3)c21. The summed E-state index contributed by atoms with van der Waals surface area (Å²) < 4.78 is 1.63. The highest BCUT2D eigenvalue weighted by molar-refractivity contribution is 9.10. The minimum absolute atomic E-state index is 0.126. The molecule has 1 aliphatic rings. The fourth-order valence-corrected chi connectivity index (χ4v) is 3.03. The maximum atomic E-state index is 12.4. The third-order valence-electron chi connectivity index (χ3n) is 3.60. The van der Waals surface area contributed by atoms with Crippen molar-refractivity contribution >= 4 is 43.5 Å². The summed E-state index contributed by atoms with van der Waals surface area (Å²) in [5.74, 6) is -0.556. The number of hydrogen-bond donors (Lipinski definition) is 2. The molecule has 4 heterocycles. The molecule has 0 radical (unpaired) electrons. The number of carbonyl (C=O) groups is 1. The molecular formula is C16H8Br2N4O2. The van der Waals surface area contributed by atoms with Gasteiger partial charge in [0.2, 0.25) is 0 Å². The normalized spacial score (nSPS) is 13.1. The number of aromatic nitrogens is 3. The van der Waals surface area contributed by atoms with Crippen LogP contribution in [0.2, 0.25) is 0 Å². The highest BCUT2D eigenvalue weighted by atomic mass is 79.9. The Morgan fingerprint density at radius 2 is 1.54 bits per heavy atom. The second kappa shape index (κ2) is 5.64. The van der Waals surface area contributed by atoms with Gasteiger partial charge in [-0.05, 0) is 56.1 Å². The zero-order chi connectivity index (χ0) is 16.8. The molecule has 0 saturated carbocycles. The number of aromatic amines is 1. The van der Waals surface area contributed by atoms with Crippen molar-refractivity contribution in [3.8, 4) is 17.3 Å². The van der Waals surface area contributed by atoms with Crippen LogP contribution >= 0.6 is 31.9 Å². The summed E-state index contributed by atoms with van der Waals surface area (Å²) in [5.41, 5.74) is 2.50. The average Bonchev–Trinajstić information content (AvgIpc) is 3.08. The van der Waals surface area contributed by atoms with Crippen LogP contribution in [0.3, 0.4) is 0 Å². The molecule has 8 heteroatoms. The molecule has 4 rings (SSSR count). The molecule has 118 valence electrons. The number of fused-ring (bicyclic) bond motifs is 1. The number of carbonyl (C=O) groups excluding carboxylic acids is 1. The first-order valence-electron chi connectivity index (χ1n) is 6.87. The second-order valence-electron chi connectivity index (χ2n) is 5.09. The number of nitrogens with one attached hydrogen (secondary N) is 1. The van der Waals surface area contributed by atoms with E-state index < -0.39 is 5.91 Å². The number of H-pyrrole nitrogens is 1. The Hall–Kier alpha value is -2.32. The van der Waals surface area contributed by atoms with Gasteiger partial charge in [0.05, 0.1) is 28.2 Å². The second-order valence-corrected chi connectivity index (χ2v) is 6.92. The van der Waals surface area contributed by atoms with E-state index in [1.54, 1.807) is 30.6 Å². The summed E-state index contributed by atoms with van der Waals surface area (Å²) in [6.07, 6.45) is 3.23. The van der Waals surface area contributed by atoms with Gasteiger partial charge in [0, 0.05) is 21.3 Å². The van der Waals surface area contributed by atoms with Gasteiger partial charge in [-0.1, -0.05) is 0 Å². The lowest BCUT2D eigenvalue weighted by atomic mass is 10.0. The van der Waals surface area contributed by atoms with Crippen LogP contribution in [0.25, 0.3) is 11.4 Å². The van der Waals surface area contributed by atoms with Gasteiger partial charge in [-0.2, -0.15) is 0 Å². The van der Waals surface area contributed by atoms with Crippen molar-refractivity contribution in [3.63, 3.8) is 0 Å². The van der Waals surface area contributed by atoms with Crippen LogP contribution in [0.5, 0.6) is 5.88 Å². The predicted molar refractivity (Wildman–Crippen MR) is 95.3 cm³/mol. The van der Waals surface area contributed by atoms with Gasteiger partial charge in [0.25, 0.3) is 5.91 Å². The number of amides is 1. The van der Waals surface area contributed by atoms with E-state index in [4.69, 9.17) is 0 Å². The summed E-state index contributed by atoms with van der Waals surface area (Å²) in [6, 6.07) is 7.09. The molecule has 0 spiro atoms. The van der Waals surface area contributed by atoms with Crippen molar-refractivity contribution in [2.75, 3.05) is 0 Å². The minimum atomic E-state index is -0.430. The summed E-state index contributed by atoms with van der Waals surface area (Å²) in [7, 11) is 0. The summed E-state index contributed by atoms with van der Waals surface area (Å²) in [5, 5.41) is 10.3. The molecule has 3 aromatic heterocycles. The van der Waals surface area contributed by atoms with Crippen LogP contribution in [-0.4, -0.2) is 31.7 Å². The van der Waals surface area contributed by atoms with Crippen molar-refractivity contribution < 1.29 is 9.90 Å². The highest BCUT2D eigenvalue weighted by Crippen LogP contribution is 2.37. The van der Waals surface area contributed by atoms with E-state index in [0.717, 1.165) is 8.95 Å². The first-order valence-corrected chi connectivity index (χ1v) is 8.45. The van der Waals surface area contributed by atoms with Crippen LogP contribution in [0.1, 0.15) is 21.6 Å². The Labute approximate surface area is 153 Å². The van der Waals surface area contributed by atoms with Crippen molar-refractivity contribution in [2.45, 2.75) is 0 Å². The molecule has 1 amide bonds. The number of halogens is 2. The summed E-state index contributed by atoms with van der Waals surface area (Å²) >= 11 is 6.64. The van der Waals surface area contributed by atoms with Crippen molar-refractivity contribution in [1.82, 2.24) is 15.0 Å². The topological polar surface area (TPSA) is 91.2 Å². The van der Waals surface area contributed by atoms with Gasteiger partial charge in [-0.25, -0.2) is 4.99 Å². The number of rotatable bonds is 2. The standard InChI is InChI=1S/C16H8Br2N4O2/c17-7-1-3-9(19-5-7)13-11-12(16(24)21-13)14(22-15(11)23)10-4-2-8(18)6-20-10/h1-6,21,24H. The van der Waals surface area contributed by atoms with E-state index in [1.165, 1.54) is 0 Å². The monoisotopic (exact) mass is 446 g/mol. The Balaban J connectivity index is 1.87. The third-order valence-corrected chi connectivity index (χ3v) is 4.54. The molecule has 0 atom stereocenters. The van der Waals surface area contributed by atoms with Crippen LogP contribution in [0, 0.1) is 0 Å². The number of nitrogens with zero attached hydrogens (tertiary/aromatic N) is 3. The number of aromatic hydroxyl groups is 1. The lowest BCUT2D eigenvalue weighted by Crippen LogP contribution is -2.02. The Morgan fingerprint density at radius 1 is 0.917 bits per heavy atom. The molecule has 0 fully saturated rings. The summed E-state index contributed by atoms with van der Waals surface area (Å²) in [4.78, 5) is 27.8. The van der Waals surface area contributed by atoms with E-state index in [9.17, 15) is 9.90 Å². The zero-order valence-corrected chi connectivity index (χ0v) is 15.1. The molecule has 0 unspecified atom stereocenters. The van der Waals surface area contributed by atoms with Gasteiger partial charge < -0.3 is 10.1 Å². The molecular weight excluding hydrogens is 440 g/mol. The first-order chi connectivity index (χ1) is 11.5. The van der Waals surface area contributed by atoms with E-state index in [-0.39, 0.29) is 5.88 Å². The number of pyridine rings is 2. The van der Waals surface area contributed by atoms with E-state index in [2.05, 4.69) is 51.8 Å². The molecule has 0 bridgehead atoms. The van der Waals surface area contributed by atoms with Crippen LogP contribution in [0.4, 0.5) is 0 Å². The van der Waals surface area contributed by atoms with Crippen LogP contribution < -0.4 is 0 Å². The van der Waals surface area contributed by atoms with E-state index >= 15 is 0 Å². The molecule has 0 aromatic carbocycles. The van der Waals surface area contributed by atoms with Crippen LogP contribution in [-0.2, 0) is 0 Å². The van der Waals surface area contributed by atoms with Crippen LogP contribution in [0.15, 0.2) is 50.6 Å². The van der Waals surface area contributed by atoms with Crippen molar-refractivity contribution in [3.05, 3.63) is 62.4 Å². The maximum Gasteiger partial charge on any atom is 0.280 e. The Bertz CT molecular complexity index is 992. The molecule has 3 aromatic rings. The number of aliphatic imine (C=N–C) groups is 1. The number of hydrogen-bond acceptors (Lipinski definition) is 4. The molecule has 6 nitrogen and oxygen atoms in total. The predicted octanol–water partition coefficient (Wildman–Crippen LogP) is 3.69. The van der Waals surface area contributed by atoms with Gasteiger partial charge >= 0.3 is 0 Å². The van der Waals surface area contributed by atoms with Gasteiger partial charge in [0.15, 0.2) is 5.88 Å². The van der Waals surface area contributed by atoms with Crippen molar-refractivity contribution in [1.29, 1.82) is 0 Å². The third kappa shape index (κ3) is 2.38. The lowest BCUT2D eigenvalue weighted by molar-refractivity contribution is 0.101. The van der Waals surface area contributed by atoms with Gasteiger partial charge in [0.1, 0.15) is 5.71 Å². The maximum absolute atomic E-state index is 12.4. The molecule has 24 heavy (non-hydrogen) atoms. The van der Waals surface area contributed by atoms with E-state index in [0.29, 0.717) is 33.9 Å². The lowest BCUT2D eigenvalue weighted by Gasteiger charge is -2.00. The minimum Gasteiger partial charge on any atom is -0.494 e. The summed E-state index contributed by atoms with van der Waals surface area (Å²) in [6.45, 7) is 0. The fraction of sp³-hybridized carbons (Fsp3) is 0. The largest absolute Gasteiger partial charge is 0.494 e. The smallest absolute Gasteiger partial charge is 0.280 e. The molecule has 1 aliphatic heterocycles. The van der Waals surface area contributed by atoms with Crippen molar-refractivity contribution in [2.24, 2.45) is 4.99 Å². The fourth-order valence-electron chi connectivity index (χ4n) is 2.56. The quantitative estimate of drug-likeness (QED) is 0.626. The first kappa shape index (κ1) is 15.2. The molecule has 0 saturated heterocycles.